The first kappa shape index (κ1) is 14.7. The van der Waals surface area contributed by atoms with E-state index < -0.39 is 0 Å². The minimum Gasteiger partial charge on any atom is -0.0795 e. The van der Waals surface area contributed by atoms with Crippen molar-refractivity contribution in [3.63, 3.8) is 0 Å². The molecule has 0 spiro atoms. The van der Waals surface area contributed by atoms with Crippen LogP contribution in [0.3, 0.4) is 0 Å². The topological polar surface area (TPSA) is 0 Å². The third-order valence-electron chi connectivity index (χ3n) is 3.43. The molecule has 0 nitrogen and oxygen atoms in total. The van der Waals surface area contributed by atoms with Crippen LogP contribution in [0.1, 0.15) is 36.1 Å². The van der Waals surface area contributed by atoms with Crippen LogP contribution in [-0.2, 0) is 12.8 Å². The van der Waals surface area contributed by atoms with Crippen molar-refractivity contribution in [3.05, 3.63) is 76.9 Å². The number of aryl methyl sites for hydroxylation is 2. The van der Waals surface area contributed by atoms with E-state index in [1.54, 1.807) is 0 Å². The molecule has 0 saturated heterocycles. The average molecular weight is 280 g/mol. The summed E-state index contributed by atoms with van der Waals surface area (Å²) in [5, 5.41) is 0. The van der Waals surface area contributed by atoms with E-state index in [0.717, 1.165) is 23.3 Å². The van der Waals surface area contributed by atoms with Crippen molar-refractivity contribution in [2.45, 2.75) is 26.7 Å². The van der Waals surface area contributed by atoms with Crippen LogP contribution < -0.4 is 0 Å². The van der Waals surface area contributed by atoms with Crippen LogP contribution >= 0.6 is 12.2 Å². The Hall–Kier alpha value is -1.73. The van der Waals surface area contributed by atoms with Crippen LogP contribution in [0, 0.1) is 0 Å². The maximum Gasteiger partial charge on any atom is 0.0449 e. The molecule has 20 heavy (non-hydrogen) atoms. The van der Waals surface area contributed by atoms with E-state index in [4.69, 9.17) is 12.2 Å². The van der Waals surface area contributed by atoms with Crippen molar-refractivity contribution >= 4 is 23.2 Å². The van der Waals surface area contributed by atoms with Crippen molar-refractivity contribution in [2.24, 2.45) is 0 Å². The van der Waals surface area contributed by atoms with Gasteiger partial charge >= 0.3 is 0 Å². The summed E-state index contributed by atoms with van der Waals surface area (Å²) in [5.74, 6) is 0. The maximum atomic E-state index is 5.47. The lowest BCUT2D eigenvalue weighted by Crippen LogP contribution is -1.93. The highest BCUT2D eigenvalue weighted by Crippen LogP contribution is 2.11. The summed E-state index contributed by atoms with van der Waals surface area (Å²) in [6, 6.07) is 17.1. The van der Waals surface area contributed by atoms with Crippen LogP contribution in [0.2, 0.25) is 0 Å². The maximum absolute atomic E-state index is 5.47. The van der Waals surface area contributed by atoms with E-state index in [-0.39, 0.29) is 0 Å². The summed E-state index contributed by atoms with van der Waals surface area (Å²) in [7, 11) is 0. The Morgan fingerprint density at radius 3 is 2.30 bits per heavy atom. The first-order valence-electron chi connectivity index (χ1n) is 7.13. The SMILES string of the molecule is CCc1ccc(C(=S)C=Cc2cccc(CC)c2)cc1. The van der Waals surface area contributed by atoms with Gasteiger partial charge in [-0.15, -0.1) is 0 Å². The molecule has 0 fully saturated rings. The highest BCUT2D eigenvalue weighted by molar-refractivity contribution is 7.81. The second-order valence-electron chi connectivity index (χ2n) is 4.85. The Morgan fingerprint density at radius 1 is 0.950 bits per heavy atom. The lowest BCUT2D eigenvalue weighted by Gasteiger charge is -2.02. The Kier molecular flexibility index (Phi) is 5.25. The van der Waals surface area contributed by atoms with Crippen molar-refractivity contribution in [1.29, 1.82) is 0 Å². The normalized spacial score (nSPS) is 10.9. The Bertz CT molecular complexity index is 606. The molecule has 1 heteroatoms. The Balaban J connectivity index is 2.11. The molecule has 0 aliphatic rings. The van der Waals surface area contributed by atoms with Crippen LogP contribution in [0.15, 0.2) is 54.6 Å². The molecule has 0 radical (unpaired) electrons. The van der Waals surface area contributed by atoms with Gasteiger partial charge in [0.1, 0.15) is 0 Å². The number of rotatable bonds is 5. The second kappa shape index (κ2) is 7.16. The summed E-state index contributed by atoms with van der Waals surface area (Å²) in [6.07, 6.45) is 6.23. The minimum absolute atomic E-state index is 0.884. The third kappa shape index (κ3) is 3.88. The van der Waals surface area contributed by atoms with Gasteiger partial charge in [0.05, 0.1) is 0 Å². The molecule has 0 saturated carbocycles. The monoisotopic (exact) mass is 280 g/mol. The largest absolute Gasteiger partial charge is 0.0795 e. The van der Waals surface area contributed by atoms with Gasteiger partial charge < -0.3 is 0 Å². The standard InChI is InChI=1S/C19H20S/c1-3-15-8-11-18(12-9-15)19(20)13-10-17-7-5-6-16(4-2)14-17/h5-14H,3-4H2,1-2H3. The van der Waals surface area contributed by atoms with E-state index >= 15 is 0 Å². The molecule has 0 unspecified atom stereocenters. The second-order valence-corrected chi connectivity index (χ2v) is 5.29. The third-order valence-corrected chi connectivity index (χ3v) is 3.80. The van der Waals surface area contributed by atoms with Crippen LogP contribution in [0.25, 0.3) is 6.08 Å². The van der Waals surface area contributed by atoms with E-state index in [2.05, 4.69) is 68.5 Å². The zero-order valence-electron chi connectivity index (χ0n) is 12.1. The molecule has 0 heterocycles. The number of hydrogen-bond donors (Lipinski definition) is 0. The molecule has 2 aromatic carbocycles. The quantitative estimate of drug-likeness (QED) is 0.410. The molecule has 0 aliphatic heterocycles. The molecular formula is C19H20S. The predicted molar refractivity (Wildman–Crippen MR) is 92.4 cm³/mol. The van der Waals surface area contributed by atoms with E-state index in [1.807, 2.05) is 6.08 Å². The van der Waals surface area contributed by atoms with Crippen molar-refractivity contribution in [1.82, 2.24) is 0 Å². The smallest absolute Gasteiger partial charge is 0.0449 e. The fraction of sp³-hybridized carbons (Fsp3) is 0.211. The average Bonchev–Trinajstić information content (AvgIpc) is 2.53. The molecule has 0 bridgehead atoms. The zero-order chi connectivity index (χ0) is 14.4. The molecule has 102 valence electrons. The fourth-order valence-corrected chi connectivity index (χ4v) is 2.29. The van der Waals surface area contributed by atoms with Crippen LogP contribution in [-0.4, -0.2) is 4.86 Å². The van der Waals surface area contributed by atoms with E-state index in [9.17, 15) is 0 Å². The first-order valence-corrected chi connectivity index (χ1v) is 7.54. The summed E-state index contributed by atoms with van der Waals surface area (Å²) in [5.41, 5.74) is 5.01. The molecule has 0 atom stereocenters. The van der Waals surface area contributed by atoms with Crippen molar-refractivity contribution in [2.75, 3.05) is 0 Å². The van der Waals surface area contributed by atoms with Crippen molar-refractivity contribution in [3.8, 4) is 0 Å². The molecular weight excluding hydrogens is 260 g/mol. The number of allylic oxidation sites excluding steroid dienone is 1. The Labute approximate surface area is 127 Å². The summed E-state index contributed by atoms with van der Waals surface area (Å²) in [4.78, 5) is 0.884. The molecule has 2 rings (SSSR count). The first-order chi connectivity index (χ1) is 9.72. The number of benzene rings is 2. The van der Waals surface area contributed by atoms with Gasteiger partial charge in [0, 0.05) is 4.86 Å². The summed E-state index contributed by atoms with van der Waals surface area (Å²) >= 11 is 5.47. The van der Waals surface area contributed by atoms with Gasteiger partial charge in [-0.2, -0.15) is 0 Å². The van der Waals surface area contributed by atoms with Crippen LogP contribution in [0.4, 0.5) is 0 Å². The lowest BCUT2D eigenvalue weighted by atomic mass is 10.1. The Morgan fingerprint density at radius 2 is 1.65 bits per heavy atom. The number of thiocarbonyl (C=S) groups is 1. The molecule has 0 amide bonds. The van der Waals surface area contributed by atoms with E-state index in [1.165, 1.54) is 16.7 Å². The van der Waals surface area contributed by atoms with Gasteiger partial charge in [-0.25, -0.2) is 0 Å². The van der Waals surface area contributed by atoms with Crippen molar-refractivity contribution < 1.29 is 0 Å². The fourth-order valence-electron chi connectivity index (χ4n) is 2.09. The summed E-state index contributed by atoms with van der Waals surface area (Å²) < 4.78 is 0. The van der Waals surface area contributed by atoms with Gasteiger partial charge in [0.25, 0.3) is 0 Å². The van der Waals surface area contributed by atoms with Crippen LogP contribution in [0.5, 0.6) is 0 Å². The van der Waals surface area contributed by atoms with Gasteiger partial charge in [0.2, 0.25) is 0 Å². The number of hydrogen-bond acceptors (Lipinski definition) is 1. The zero-order valence-corrected chi connectivity index (χ0v) is 12.9. The van der Waals surface area contributed by atoms with Gasteiger partial charge in [-0.05, 0) is 41.2 Å². The highest BCUT2D eigenvalue weighted by atomic mass is 32.1. The molecule has 0 aliphatic carbocycles. The highest BCUT2D eigenvalue weighted by Gasteiger charge is 1.98. The molecule has 2 aromatic rings. The van der Waals surface area contributed by atoms with Gasteiger partial charge in [-0.3, -0.25) is 0 Å². The predicted octanol–water partition coefficient (Wildman–Crippen LogP) is 5.24. The van der Waals surface area contributed by atoms with Gasteiger partial charge in [0.15, 0.2) is 0 Å². The lowest BCUT2D eigenvalue weighted by molar-refractivity contribution is 1.14. The minimum atomic E-state index is 0.884. The summed E-state index contributed by atoms with van der Waals surface area (Å²) in [6.45, 7) is 4.33. The molecule has 0 N–H and O–H groups in total. The van der Waals surface area contributed by atoms with Gasteiger partial charge in [-0.1, -0.05) is 80.7 Å². The van der Waals surface area contributed by atoms with E-state index in [0.29, 0.717) is 0 Å². The molecule has 0 aromatic heterocycles.